The third-order valence-electron chi connectivity index (χ3n) is 4.36. The van der Waals surface area contributed by atoms with Crippen LogP contribution in [0.4, 0.5) is 0 Å². The maximum atomic E-state index is 12.5. The summed E-state index contributed by atoms with van der Waals surface area (Å²) < 4.78 is 5.76. The molecule has 4 rings (SSSR count). The molecule has 1 aliphatic rings. The van der Waals surface area contributed by atoms with Crippen LogP contribution < -0.4 is 4.74 Å². The van der Waals surface area contributed by atoms with Gasteiger partial charge in [0.25, 0.3) is 11.8 Å². The first-order valence-corrected chi connectivity index (χ1v) is 8.43. The molecule has 3 aromatic carbocycles. The average molecular weight is 343 g/mol. The molecule has 4 nitrogen and oxygen atoms in total. The number of carbonyl (C=O) groups is 2. The molecular formula is C22H17NO3. The van der Waals surface area contributed by atoms with Crippen molar-refractivity contribution in [2.24, 2.45) is 0 Å². The van der Waals surface area contributed by atoms with Crippen molar-refractivity contribution in [2.75, 3.05) is 0 Å². The second kappa shape index (κ2) is 6.84. The predicted octanol–water partition coefficient (Wildman–Crippen LogP) is 4.06. The second-order valence-electron chi connectivity index (χ2n) is 6.16. The van der Waals surface area contributed by atoms with Crippen LogP contribution in [-0.2, 0) is 13.2 Å². The van der Waals surface area contributed by atoms with Crippen LogP contribution in [0.3, 0.4) is 0 Å². The molecular weight excluding hydrogens is 326 g/mol. The summed E-state index contributed by atoms with van der Waals surface area (Å²) in [4.78, 5) is 26.3. The van der Waals surface area contributed by atoms with E-state index in [9.17, 15) is 9.59 Å². The Morgan fingerprint density at radius 3 is 2.00 bits per heavy atom. The van der Waals surface area contributed by atoms with Crippen molar-refractivity contribution >= 4 is 11.8 Å². The summed E-state index contributed by atoms with van der Waals surface area (Å²) in [6.07, 6.45) is 0. The minimum atomic E-state index is -0.239. The van der Waals surface area contributed by atoms with Crippen molar-refractivity contribution in [2.45, 2.75) is 13.2 Å². The zero-order chi connectivity index (χ0) is 17.9. The minimum absolute atomic E-state index is 0.239. The van der Waals surface area contributed by atoms with Crippen molar-refractivity contribution in [1.82, 2.24) is 4.90 Å². The number of rotatable bonds is 5. The van der Waals surface area contributed by atoms with Crippen molar-refractivity contribution in [3.05, 3.63) is 101 Å². The van der Waals surface area contributed by atoms with Crippen LogP contribution >= 0.6 is 0 Å². The highest BCUT2D eigenvalue weighted by Crippen LogP contribution is 2.24. The summed E-state index contributed by atoms with van der Waals surface area (Å²) >= 11 is 0. The fraction of sp³-hybridized carbons (Fsp3) is 0.0909. The van der Waals surface area contributed by atoms with Crippen molar-refractivity contribution in [3.63, 3.8) is 0 Å². The van der Waals surface area contributed by atoms with E-state index in [1.165, 1.54) is 4.90 Å². The van der Waals surface area contributed by atoms with E-state index in [1.807, 2.05) is 54.6 Å². The summed E-state index contributed by atoms with van der Waals surface area (Å²) in [5, 5.41) is 0. The van der Waals surface area contributed by atoms with Gasteiger partial charge in [-0.3, -0.25) is 14.5 Å². The SMILES string of the molecule is O=C1c2ccccc2C(=O)N1Cc1cccc(COc2ccccc2)c1. The molecule has 26 heavy (non-hydrogen) atoms. The van der Waals surface area contributed by atoms with E-state index in [0.29, 0.717) is 17.7 Å². The third-order valence-corrected chi connectivity index (χ3v) is 4.36. The van der Waals surface area contributed by atoms with Gasteiger partial charge in [-0.1, -0.05) is 54.6 Å². The van der Waals surface area contributed by atoms with E-state index >= 15 is 0 Å². The first-order chi connectivity index (χ1) is 12.7. The Balaban J connectivity index is 1.48. The lowest BCUT2D eigenvalue weighted by molar-refractivity contribution is 0.0642. The molecule has 0 bridgehead atoms. The second-order valence-corrected chi connectivity index (χ2v) is 6.16. The first kappa shape index (κ1) is 16.1. The monoisotopic (exact) mass is 343 g/mol. The van der Waals surface area contributed by atoms with Gasteiger partial charge in [0, 0.05) is 0 Å². The van der Waals surface area contributed by atoms with E-state index in [2.05, 4.69) is 0 Å². The number of imide groups is 1. The summed E-state index contributed by atoms with van der Waals surface area (Å²) in [5.41, 5.74) is 2.83. The molecule has 0 N–H and O–H groups in total. The van der Waals surface area contributed by atoms with Crippen LogP contribution in [0.15, 0.2) is 78.9 Å². The highest BCUT2D eigenvalue weighted by Gasteiger charge is 2.34. The number of hydrogen-bond acceptors (Lipinski definition) is 3. The molecule has 0 saturated carbocycles. The molecule has 4 heteroatoms. The summed E-state index contributed by atoms with van der Waals surface area (Å²) in [5.74, 6) is 0.325. The summed E-state index contributed by atoms with van der Waals surface area (Å²) in [6, 6.07) is 24.3. The quantitative estimate of drug-likeness (QED) is 0.656. The van der Waals surface area contributed by atoms with Gasteiger partial charge in [0.1, 0.15) is 12.4 Å². The molecule has 2 amide bonds. The molecule has 3 aromatic rings. The normalized spacial score (nSPS) is 13.0. The first-order valence-electron chi connectivity index (χ1n) is 8.43. The number of carbonyl (C=O) groups excluding carboxylic acids is 2. The molecule has 0 spiro atoms. The number of ether oxygens (including phenoxy) is 1. The third kappa shape index (κ3) is 3.09. The van der Waals surface area contributed by atoms with Crippen LogP contribution in [0.1, 0.15) is 31.8 Å². The van der Waals surface area contributed by atoms with Crippen LogP contribution in [-0.4, -0.2) is 16.7 Å². The number of amides is 2. The smallest absolute Gasteiger partial charge is 0.261 e. The number of hydrogen-bond donors (Lipinski definition) is 0. The van der Waals surface area contributed by atoms with E-state index in [1.54, 1.807) is 24.3 Å². The molecule has 1 aliphatic heterocycles. The van der Waals surface area contributed by atoms with Crippen molar-refractivity contribution in [1.29, 1.82) is 0 Å². The van der Waals surface area contributed by atoms with Gasteiger partial charge in [-0.25, -0.2) is 0 Å². The van der Waals surface area contributed by atoms with Gasteiger partial charge in [-0.05, 0) is 35.4 Å². The standard InChI is InChI=1S/C22H17NO3/c24-21-19-11-4-5-12-20(19)22(25)23(21)14-16-7-6-8-17(13-16)15-26-18-9-2-1-3-10-18/h1-13H,14-15H2. The highest BCUT2D eigenvalue weighted by atomic mass is 16.5. The van der Waals surface area contributed by atoms with Crippen LogP contribution in [0.25, 0.3) is 0 Å². The van der Waals surface area contributed by atoms with Gasteiger partial charge in [-0.15, -0.1) is 0 Å². The Morgan fingerprint density at radius 1 is 0.692 bits per heavy atom. The van der Waals surface area contributed by atoms with Gasteiger partial charge >= 0.3 is 0 Å². The van der Waals surface area contributed by atoms with E-state index in [0.717, 1.165) is 16.9 Å². The Kier molecular flexibility index (Phi) is 4.23. The Hall–Kier alpha value is -3.40. The molecule has 0 aromatic heterocycles. The lowest BCUT2D eigenvalue weighted by Crippen LogP contribution is -2.29. The van der Waals surface area contributed by atoms with Crippen LogP contribution in [0.2, 0.25) is 0 Å². The van der Waals surface area contributed by atoms with Crippen LogP contribution in [0.5, 0.6) is 5.75 Å². The zero-order valence-electron chi connectivity index (χ0n) is 14.1. The molecule has 128 valence electrons. The Morgan fingerprint density at radius 2 is 1.31 bits per heavy atom. The predicted molar refractivity (Wildman–Crippen MR) is 97.9 cm³/mol. The molecule has 0 radical (unpaired) electrons. The van der Waals surface area contributed by atoms with Gasteiger partial charge < -0.3 is 4.74 Å². The maximum Gasteiger partial charge on any atom is 0.261 e. The lowest BCUT2D eigenvalue weighted by atomic mass is 10.1. The highest BCUT2D eigenvalue weighted by molar-refractivity contribution is 6.21. The molecule has 0 saturated heterocycles. The molecule has 0 unspecified atom stereocenters. The van der Waals surface area contributed by atoms with Crippen molar-refractivity contribution < 1.29 is 14.3 Å². The summed E-state index contributed by atoms with van der Waals surface area (Å²) in [6.45, 7) is 0.686. The number of para-hydroxylation sites is 1. The Labute approximate surface area is 151 Å². The van der Waals surface area contributed by atoms with E-state index in [4.69, 9.17) is 4.74 Å². The maximum absolute atomic E-state index is 12.5. The fourth-order valence-corrected chi connectivity index (χ4v) is 3.07. The van der Waals surface area contributed by atoms with Crippen LogP contribution in [0, 0.1) is 0 Å². The molecule has 0 aliphatic carbocycles. The molecule has 0 atom stereocenters. The van der Waals surface area contributed by atoms with E-state index < -0.39 is 0 Å². The number of nitrogens with zero attached hydrogens (tertiary/aromatic N) is 1. The van der Waals surface area contributed by atoms with Gasteiger partial charge in [0.05, 0.1) is 17.7 Å². The van der Waals surface area contributed by atoms with E-state index in [-0.39, 0.29) is 18.4 Å². The van der Waals surface area contributed by atoms with Crippen molar-refractivity contribution in [3.8, 4) is 5.75 Å². The fourth-order valence-electron chi connectivity index (χ4n) is 3.07. The summed E-state index contributed by atoms with van der Waals surface area (Å²) in [7, 11) is 0. The molecule has 0 fully saturated rings. The lowest BCUT2D eigenvalue weighted by Gasteiger charge is -2.15. The topological polar surface area (TPSA) is 46.6 Å². The number of fused-ring (bicyclic) bond motifs is 1. The average Bonchev–Trinajstić information content (AvgIpc) is 2.93. The molecule has 1 heterocycles. The number of benzene rings is 3. The van der Waals surface area contributed by atoms with Gasteiger partial charge in [0.2, 0.25) is 0 Å². The van der Waals surface area contributed by atoms with Gasteiger partial charge in [-0.2, -0.15) is 0 Å². The minimum Gasteiger partial charge on any atom is -0.489 e. The Bertz CT molecular complexity index is 931. The zero-order valence-corrected chi connectivity index (χ0v) is 14.1. The van der Waals surface area contributed by atoms with Gasteiger partial charge in [0.15, 0.2) is 0 Å². The largest absolute Gasteiger partial charge is 0.489 e.